The van der Waals surface area contributed by atoms with Crippen molar-refractivity contribution in [1.82, 2.24) is 15.2 Å². The summed E-state index contributed by atoms with van der Waals surface area (Å²) in [4.78, 5) is 23.6. The van der Waals surface area contributed by atoms with E-state index in [9.17, 15) is 9.59 Å². The fourth-order valence-corrected chi connectivity index (χ4v) is 2.66. The number of halogens is 1. The number of carbonyl (C=O) groups is 2. The summed E-state index contributed by atoms with van der Waals surface area (Å²) in [6.45, 7) is 1.88. The molecular weight excluding hydrogens is 412 g/mol. The van der Waals surface area contributed by atoms with Gasteiger partial charge in [0.2, 0.25) is 6.41 Å². The molecule has 0 aromatic heterocycles. The predicted octanol–water partition coefficient (Wildman–Crippen LogP) is 3.19. The van der Waals surface area contributed by atoms with Crippen molar-refractivity contribution < 1.29 is 14.7 Å². The van der Waals surface area contributed by atoms with E-state index in [0.29, 0.717) is 12.8 Å². The van der Waals surface area contributed by atoms with Gasteiger partial charge in [0.05, 0.1) is 17.5 Å². The lowest BCUT2D eigenvalue weighted by molar-refractivity contribution is -0.116. The highest BCUT2D eigenvalue weighted by molar-refractivity contribution is 9.11. The second-order valence-electron chi connectivity index (χ2n) is 6.03. The summed E-state index contributed by atoms with van der Waals surface area (Å²) in [5.74, 6) is -0.944. The topological polar surface area (TPSA) is 85.2 Å². The molecule has 27 heavy (non-hydrogen) atoms. The third kappa shape index (κ3) is 5.82. The molecule has 1 amide bonds. The molecule has 8 heteroatoms. The summed E-state index contributed by atoms with van der Waals surface area (Å²) >= 11 is 3.44. The van der Waals surface area contributed by atoms with Crippen molar-refractivity contribution in [3.05, 3.63) is 63.7 Å². The van der Waals surface area contributed by atoms with E-state index in [1.165, 1.54) is 5.01 Å². The maximum atomic E-state index is 11.0. The van der Waals surface area contributed by atoms with Crippen LogP contribution in [0.4, 0.5) is 0 Å². The number of nitrogens with zero attached hydrogens (tertiary/aromatic N) is 3. The van der Waals surface area contributed by atoms with E-state index in [1.807, 2.05) is 31.3 Å². The molecule has 0 saturated heterocycles. The molecule has 2 N–H and O–H groups in total. The molecule has 0 fully saturated rings. The Balaban J connectivity index is 2.18. The number of carboxylic acid groups (broad SMARTS) is 1. The zero-order valence-corrected chi connectivity index (χ0v) is 16.9. The van der Waals surface area contributed by atoms with Gasteiger partial charge in [-0.3, -0.25) is 4.79 Å². The molecule has 7 nitrogen and oxygen atoms in total. The van der Waals surface area contributed by atoms with Gasteiger partial charge in [-0.1, -0.05) is 28.1 Å². The zero-order chi connectivity index (χ0) is 20.0. The molecule has 0 unspecified atom stereocenters. The molecule has 142 valence electrons. The maximum absolute atomic E-state index is 11.0. The van der Waals surface area contributed by atoms with Crippen LogP contribution < -0.4 is 5.32 Å². The van der Waals surface area contributed by atoms with Gasteiger partial charge in [0.1, 0.15) is 0 Å². The minimum absolute atomic E-state index is 0.257. The number of rotatable bonds is 7. The van der Waals surface area contributed by atoms with Crippen LogP contribution in [0.25, 0.3) is 5.57 Å². The van der Waals surface area contributed by atoms with E-state index in [2.05, 4.69) is 26.3 Å². The number of hydrogen-bond acceptors (Lipinski definition) is 5. The lowest BCUT2D eigenvalue weighted by Gasteiger charge is -2.24. The van der Waals surface area contributed by atoms with Crippen LogP contribution in [0.15, 0.2) is 57.6 Å². The lowest BCUT2D eigenvalue weighted by Crippen LogP contribution is -2.21. The smallest absolute Gasteiger partial charge is 0.335 e. The van der Waals surface area contributed by atoms with Gasteiger partial charge in [-0.2, -0.15) is 5.10 Å². The van der Waals surface area contributed by atoms with E-state index in [1.54, 1.807) is 37.5 Å². The Bertz CT molecular complexity index is 837. The van der Waals surface area contributed by atoms with Crippen LogP contribution in [0.3, 0.4) is 0 Å². The van der Waals surface area contributed by atoms with Gasteiger partial charge in [0, 0.05) is 43.1 Å². The van der Waals surface area contributed by atoms with Crippen molar-refractivity contribution in [3.63, 3.8) is 0 Å². The van der Waals surface area contributed by atoms with Crippen molar-refractivity contribution in [2.45, 2.75) is 13.3 Å². The highest BCUT2D eigenvalue weighted by Crippen LogP contribution is 2.27. The summed E-state index contributed by atoms with van der Waals surface area (Å²) in [5.41, 5.74) is 3.92. The number of aromatic carboxylic acids is 1. The number of benzene rings is 1. The third-order valence-corrected chi connectivity index (χ3v) is 4.22. The molecule has 0 radical (unpaired) electrons. The summed E-state index contributed by atoms with van der Waals surface area (Å²) < 4.78 is 0.844. The molecule has 0 atom stereocenters. The Morgan fingerprint density at radius 1 is 1.33 bits per heavy atom. The summed E-state index contributed by atoms with van der Waals surface area (Å²) in [6.07, 6.45) is 6.78. The van der Waals surface area contributed by atoms with Crippen LogP contribution in [-0.2, 0) is 4.79 Å². The van der Waals surface area contributed by atoms with Crippen molar-refractivity contribution >= 4 is 40.1 Å². The molecule has 0 bridgehead atoms. The van der Waals surface area contributed by atoms with Crippen molar-refractivity contribution in [1.29, 1.82) is 0 Å². The first-order chi connectivity index (χ1) is 12.8. The van der Waals surface area contributed by atoms with E-state index < -0.39 is 5.97 Å². The molecule has 1 aromatic carbocycles. The van der Waals surface area contributed by atoms with Crippen molar-refractivity contribution in [2.24, 2.45) is 5.10 Å². The number of carboxylic acids is 1. The Morgan fingerprint density at radius 3 is 2.56 bits per heavy atom. The van der Waals surface area contributed by atoms with Gasteiger partial charge in [-0.15, -0.1) is 0 Å². The molecule has 1 aliphatic heterocycles. The molecule has 0 aliphatic carbocycles. The first-order valence-electron chi connectivity index (χ1n) is 8.12. The lowest BCUT2D eigenvalue weighted by atomic mass is 9.99. The second-order valence-corrected chi connectivity index (χ2v) is 7.22. The molecule has 2 rings (SSSR count). The minimum atomic E-state index is -0.944. The van der Waals surface area contributed by atoms with E-state index in [0.717, 1.165) is 27.0 Å². The SMILES string of the molecule is C/C(Br)=C(\C=N/N(C)C=O)NC1=CN(C)C=C(c2ccc(C(=O)O)cc2)C1. The van der Waals surface area contributed by atoms with Gasteiger partial charge >= 0.3 is 5.97 Å². The Morgan fingerprint density at radius 2 is 2.00 bits per heavy atom. The number of hydrazone groups is 1. The van der Waals surface area contributed by atoms with Gasteiger partial charge < -0.3 is 15.3 Å². The second kappa shape index (κ2) is 9.18. The molecule has 0 saturated carbocycles. The highest BCUT2D eigenvalue weighted by atomic mass is 79.9. The first kappa shape index (κ1) is 20.4. The third-order valence-electron chi connectivity index (χ3n) is 3.79. The first-order valence-corrected chi connectivity index (χ1v) is 8.92. The van der Waals surface area contributed by atoms with Crippen LogP contribution >= 0.6 is 15.9 Å². The highest BCUT2D eigenvalue weighted by Gasteiger charge is 2.14. The van der Waals surface area contributed by atoms with E-state index in [-0.39, 0.29) is 5.56 Å². The quantitative estimate of drug-likeness (QED) is 0.392. The Hall–Kier alpha value is -2.87. The van der Waals surface area contributed by atoms with Crippen LogP contribution in [0.5, 0.6) is 0 Å². The summed E-state index contributed by atoms with van der Waals surface area (Å²) in [5, 5.41) is 17.6. The number of amides is 1. The molecule has 1 aromatic rings. The Labute approximate surface area is 166 Å². The predicted molar refractivity (Wildman–Crippen MR) is 109 cm³/mol. The van der Waals surface area contributed by atoms with Crippen LogP contribution in [-0.4, -0.2) is 47.7 Å². The average Bonchev–Trinajstić information content (AvgIpc) is 2.64. The molecule has 1 aliphatic rings. The molecule has 1 heterocycles. The number of nitrogens with one attached hydrogen (secondary N) is 1. The average molecular weight is 433 g/mol. The summed E-state index contributed by atoms with van der Waals surface area (Å²) in [6, 6.07) is 6.80. The van der Waals surface area contributed by atoms with Crippen molar-refractivity contribution in [3.8, 4) is 0 Å². The van der Waals surface area contributed by atoms with Gasteiger partial charge in [-0.05, 0) is 30.2 Å². The number of allylic oxidation sites excluding steroid dienone is 3. The normalized spacial score (nSPS) is 15.0. The molecular formula is C19H21BrN4O3. The largest absolute Gasteiger partial charge is 0.478 e. The van der Waals surface area contributed by atoms with Gasteiger partial charge in [-0.25, -0.2) is 9.80 Å². The van der Waals surface area contributed by atoms with Gasteiger partial charge in [0.15, 0.2) is 0 Å². The summed E-state index contributed by atoms with van der Waals surface area (Å²) in [7, 11) is 3.48. The van der Waals surface area contributed by atoms with Crippen LogP contribution in [0.1, 0.15) is 29.3 Å². The fourth-order valence-electron chi connectivity index (χ4n) is 2.46. The maximum Gasteiger partial charge on any atom is 0.335 e. The van der Waals surface area contributed by atoms with Gasteiger partial charge in [0.25, 0.3) is 0 Å². The van der Waals surface area contributed by atoms with Crippen molar-refractivity contribution in [2.75, 3.05) is 14.1 Å². The Kier molecular flexibility index (Phi) is 6.95. The zero-order valence-electron chi connectivity index (χ0n) is 15.3. The van der Waals surface area contributed by atoms with E-state index in [4.69, 9.17) is 5.11 Å². The van der Waals surface area contributed by atoms with Crippen LogP contribution in [0.2, 0.25) is 0 Å². The van der Waals surface area contributed by atoms with Crippen LogP contribution in [0, 0.1) is 0 Å². The standard InChI is InChI=1S/C19H21BrN4O3/c1-13(20)18(9-21-24(3)12-25)22-17-8-16(10-23(2)11-17)14-4-6-15(7-5-14)19(26)27/h4-7,9-12,22H,8H2,1-3H3,(H,26,27)/b18-13-,21-9-. The number of hydrogen-bond donors (Lipinski definition) is 2. The minimum Gasteiger partial charge on any atom is -0.478 e. The fraction of sp³-hybridized carbons (Fsp3) is 0.211. The molecule has 0 spiro atoms. The van der Waals surface area contributed by atoms with E-state index >= 15 is 0 Å². The number of carbonyl (C=O) groups excluding carboxylic acids is 1. The monoisotopic (exact) mass is 432 g/mol.